The lowest BCUT2D eigenvalue weighted by atomic mass is 10.2. The van der Waals surface area contributed by atoms with Crippen LogP contribution in [0.3, 0.4) is 0 Å². The fourth-order valence-corrected chi connectivity index (χ4v) is 3.14. The average molecular weight is 376 g/mol. The molecule has 2 amide bonds. The van der Waals surface area contributed by atoms with E-state index in [2.05, 4.69) is 28.5 Å². The summed E-state index contributed by atoms with van der Waals surface area (Å²) in [4.78, 5) is 26.7. The highest BCUT2D eigenvalue weighted by Gasteiger charge is 2.18. The molecular formula is C21H33N3O3. The number of hydrogen-bond donors (Lipinski definition) is 2. The normalized spacial score (nSPS) is 16.0. The van der Waals surface area contributed by atoms with Crippen LogP contribution in [-0.2, 0) is 14.3 Å². The van der Waals surface area contributed by atoms with E-state index in [0.717, 1.165) is 37.3 Å². The van der Waals surface area contributed by atoms with Crippen LogP contribution in [0.5, 0.6) is 0 Å². The Kier molecular flexibility index (Phi) is 8.58. The van der Waals surface area contributed by atoms with Crippen LogP contribution in [0.25, 0.3) is 0 Å². The first-order valence-electron chi connectivity index (χ1n) is 10.1. The van der Waals surface area contributed by atoms with E-state index in [0.29, 0.717) is 6.61 Å². The predicted octanol–water partition coefficient (Wildman–Crippen LogP) is 3.33. The molecule has 27 heavy (non-hydrogen) atoms. The number of rotatable bonds is 10. The van der Waals surface area contributed by atoms with E-state index in [4.69, 9.17) is 4.74 Å². The maximum absolute atomic E-state index is 12.3. The minimum absolute atomic E-state index is 0.110. The van der Waals surface area contributed by atoms with Gasteiger partial charge in [0.25, 0.3) is 0 Å². The summed E-state index contributed by atoms with van der Waals surface area (Å²) in [5, 5.41) is 5.78. The van der Waals surface area contributed by atoms with Gasteiger partial charge in [-0.2, -0.15) is 0 Å². The van der Waals surface area contributed by atoms with E-state index in [1.54, 1.807) is 6.92 Å². The predicted molar refractivity (Wildman–Crippen MR) is 109 cm³/mol. The lowest BCUT2D eigenvalue weighted by Crippen LogP contribution is -2.41. The molecule has 150 valence electrons. The van der Waals surface area contributed by atoms with E-state index in [9.17, 15) is 9.59 Å². The van der Waals surface area contributed by atoms with Crippen LogP contribution in [-0.4, -0.2) is 43.7 Å². The molecule has 2 atom stereocenters. The number of unbranched alkanes of at least 4 members (excludes halogenated alkanes) is 1. The van der Waals surface area contributed by atoms with E-state index in [-0.39, 0.29) is 24.3 Å². The average Bonchev–Trinajstić information content (AvgIpc) is 3.16. The second kappa shape index (κ2) is 10.9. The molecule has 0 radical (unpaired) electrons. The molecule has 1 aliphatic rings. The third-order valence-corrected chi connectivity index (χ3v) is 4.72. The molecule has 0 aromatic heterocycles. The van der Waals surface area contributed by atoms with Gasteiger partial charge >= 0.3 is 0 Å². The van der Waals surface area contributed by atoms with E-state index in [1.807, 2.05) is 25.1 Å². The Morgan fingerprint density at radius 1 is 1.22 bits per heavy atom. The van der Waals surface area contributed by atoms with Gasteiger partial charge in [-0.05, 0) is 51.3 Å². The molecular weight excluding hydrogens is 342 g/mol. The van der Waals surface area contributed by atoms with Gasteiger partial charge in [0.2, 0.25) is 11.8 Å². The zero-order chi connectivity index (χ0) is 19.6. The zero-order valence-electron chi connectivity index (χ0n) is 16.8. The molecule has 6 heteroatoms. The molecule has 1 aliphatic heterocycles. The highest BCUT2D eigenvalue weighted by molar-refractivity contribution is 5.92. The number of nitrogens with one attached hydrogen (secondary N) is 2. The topological polar surface area (TPSA) is 70.7 Å². The van der Waals surface area contributed by atoms with Crippen molar-refractivity contribution in [1.29, 1.82) is 0 Å². The molecule has 1 heterocycles. The van der Waals surface area contributed by atoms with Crippen LogP contribution in [0.1, 0.15) is 52.9 Å². The molecule has 2 rings (SSSR count). The molecule has 2 unspecified atom stereocenters. The fraction of sp³-hybridized carbons (Fsp3) is 0.619. The van der Waals surface area contributed by atoms with Crippen molar-refractivity contribution in [2.24, 2.45) is 0 Å². The second-order valence-corrected chi connectivity index (χ2v) is 7.27. The molecule has 0 aliphatic carbocycles. The highest BCUT2D eigenvalue weighted by atomic mass is 16.5. The Morgan fingerprint density at radius 3 is 2.67 bits per heavy atom. The zero-order valence-corrected chi connectivity index (χ0v) is 16.8. The summed E-state index contributed by atoms with van der Waals surface area (Å²) in [5.74, 6) is -0.289. The van der Waals surface area contributed by atoms with Gasteiger partial charge in [-0.15, -0.1) is 0 Å². The largest absolute Gasteiger partial charge is 0.371 e. The minimum Gasteiger partial charge on any atom is -0.371 e. The van der Waals surface area contributed by atoms with Crippen LogP contribution >= 0.6 is 0 Å². The molecule has 1 fully saturated rings. The number of anilines is 2. The number of carbonyl (C=O) groups is 2. The smallest absolute Gasteiger partial charge is 0.249 e. The Morgan fingerprint density at radius 2 is 1.96 bits per heavy atom. The van der Waals surface area contributed by atoms with Crippen LogP contribution in [0.4, 0.5) is 11.4 Å². The Balaban J connectivity index is 1.77. The lowest BCUT2D eigenvalue weighted by molar-refractivity contribution is -0.132. The van der Waals surface area contributed by atoms with Crippen LogP contribution in [0.15, 0.2) is 24.3 Å². The fourth-order valence-electron chi connectivity index (χ4n) is 3.14. The summed E-state index contributed by atoms with van der Waals surface area (Å²) in [6, 6.07) is 7.69. The molecule has 0 spiro atoms. The van der Waals surface area contributed by atoms with E-state index < -0.39 is 6.10 Å². The monoisotopic (exact) mass is 375 g/mol. The van der Waals surface area contributed by atoms with Gasteiger partial charge in [-0.1, -0.05) is 19.4 Å². The molecule has 1 aromatic carbocycles. The number of hydrogen-bond acceptors (Lipinski definition) is 4. The lowest BCUT2D eigenvalue weighted by Gasteiger charge is -2.19. The molecule has 6 nitrogen and oxygen atoms in total. The third-order valence-electron chi connectivity index (χ3n) is 4.72. The van der Waals surface area contributed by atoms with Gasteiger partial charge in [0, 0.05) is 43.5 Å². The molecule has 1 aromatic rings. The van der Waals surface area contributed by atoms with Gasteiger partial charge in [0.05, 0.1) is 0 Å². The summed E-state index contributed by atoms with van der Waals surface area (Å²) >= 11 is 0. The SMILES string of the molecule is CCCCOC(C)C(=O)NC(C)CC(=O)Nc1cccc(N2CCCC2)c1. The summed E-state index contributed by atoms with van der Waals surface area (Å²) in [6.45, 7) is 8.36. The molecule has 0 bridgehead atoms. The first-order valence-corrected chi connectivity index (χ1v) is 10.1. The van der Waals surface area contributed by atoms with E-state index >= 15 is 0 Å². The van der Waals surface area contributed by atoms with Crippen molar-refractivity contribution in [3.8, 4) is 0 Å². The molecule has 2 N–H and O–H groups in total. The van der Waals surface area contributed by atoms with Crippen molar-refractivity contribution in [3.05, 3.63) is 24.3 Å². The van der Waals surface area contributed by atoms with Crippen molar-refractivity contribution in [2.45, 2.75) is 65.0 Å². The van der Waals surface area contributed by atoms with Crippen molar-refractivity contribution in [2.75, 3.05) is 29.9 Å². The van der Waals surface area contributed by atoms with E-state index in [1.165, 1.54) is 12.8 Å². The van der Waals surface area contributed by atoms with Crippen LogP contribution < -0.4 is 15.5 Å². The number of ether oxygens (including phenoxy) is 1. The van der Waals surface area contributed by atoms with Gasteiger partial charge in [0.1, 0.15) is 6.10 Å². The Bertz CT molecular complexity index is 614. The third kappa shape index (κ3) is 7.21. The molecule has 1 saturated heterocycles. The Labute approximate surface area is 162 Å². The number of amides is 2. The summed E-state index contributed by atoms with van der Waals surface area (Å²) in [7, 11) is 0. The first-order chi connectivity index (χ1) is 13.0. The number of benzene rings is 1. The summed E-state index contributed by atoms with van der Waals surface area (Å²) in [6.07, 6.45) is 4.12. The van der Waals surface area contributed by atoms with Crippen molar-refractivity contribution in [3.63, 3.8) is 0 Å². The van der Waals surface area contributed by atoms with Crippen LogP contribution in [0.2, 0.25) is 0 Å². The maximum Gasteiger partial charge on any atom is 0.249 e. The standard InChI is InChI=1S/C21H33N3O3/c1-4-5-13-27-17(3)21(26)22-16(2)14-20(25)23-18-9-8-10-19(15-18)24-11-6-7-12-24/h8-10,15-17H,4-7,11-14H2,1-3H3,(H,22,26)(H,23,25). The van der Waals surface area contributed by atoms with Crippen molar-refractivity contribution in [1.82, 2.24) is 5.32 Å². The minimum atomic E-state index is -0.501. The van der Waals surface area contributed by atoms with Crippen molar-refractivity contribution >= 4 is 23.2 Å². The van der Waals surface area contributed by atoms with Gasteiger partial charge in [-0.3, -0.25) is 9.59 Å². The highest BCUT2D eigenvalue weighted by Crippen LogP contribution is 2.23. The second-order valence-electron chi connectivity index (χ2n) is 7.27. The van der Waals surface area contributed by atoms with Gasteiger partial charge in [-0.25, -0.2) is 0 Å². The Hall–Kier alpha value is -2.08. The van der Waals surface area contributed by atoms with Gasteiger partial charge in [0.15, 0.2) is 0 Å². The maximum atomic E-state index is 12.3. The first kappa shape index (κ1) is 21.2. The van der Waals surface area contributed by atoms with Crippen molar-refractivity contribution < 1.29 is 14.3 Å². The number of carbonyl (C=O) groups excluding carboxylic acids is 2. The quantitative estimate of drug-likeness (QED) is 0.616. The summed E-state index contributed by atoms with van der Waals surface area (Å²) in [5.41, 5.74) is 1.93. The summed E-state index contributed by atoms with van der Waals surface area (Å²) < 4.78 is 5.49. The number of nitrogens with zero attached hydrogens (tertiary/aromatic N) is 1. The molecule has 0 saturated carbocycles. The van der Waals surface area contributed by atoms with Crippen LogP contribution in [0, 0.1) is 0 Å². The van der Waals surface area contributed by atoms with Gasteiger partial charge < -0.3 is 20.3 Å².